The van der Waals surface area contributed by atoms with Crippen LogP contribution in [0.15, 0.2) is 18.2 Å². The average molecular weight is 296 g/mol. The number of alkyl halides is 1. The molecule has 1 saturated heterocycles. The maximum atomic E-state index is 12.5. The lowest BCUT2D eigenvalue weighted by Gasteiger charge is -2.34. The lowest BCUT2D eigenvalue weighted by Crippen LogP contribution is -2.43. The van der Waals surface area contributed by atoms with Crippen LogP contribution >= 0.6 is 11.6 Å². The van der Waals surface area contributed by atoms with Gasteiger partial charge in [-0.2, -0.15) is 0 Å². The number of amides is 1. The number of fused-ring (bicyclic) bond motifs is 1. The Bertz CT molecular complexity index is 520. The standard InChI is InChI=1S/C15H18ClNO3/c1-10-9-17(5-4-12(10)16)15(18)11-2-3-13-14(8-11)20-7-6-19-13/h2-3,8,10,12H,4-7,9H2,1H3. The molecule has 1 aromatic rings. The second-order valence-corrected chi connectivity index (χ2v) is 5.95. The van der Waals surface area contributed by atoms with Crippen molar-refractivity contribution >= 4 is 17.5 Å². The van der Waals surface area contributed by atoms with E-state index in [1.54, 1.807) is 18.2 Å². The van der Waals surface area contributed by atoms with Crippen LogP contribution in [-0.2, 0) is 0 Å². The van der Waals surface area contributed by atoms with Gasteiger partial charge in [-0.1, -0.05) is 6.92 Å². The SMILES string of the molecule is CC1CN(C(=O)c2ccc3c(c2)OCCO3)CCC1Cl. The Hall–Kier alpha value is -1.42. The van der Waals surface area contributed by atoms with E-state index >= 15 is 0 Å². The van der Waals surface area contributed by atoms with Gasteiger partial charge in [-0.15, -0.1) is 11.6 Å². The third-order valence-electron chi connectivity index (χ3n) is 3.88. The van der Waals surface area contributed by atoms with Gasteiger partial charge in [0.05, 0.1) is 0 Å². The number of carbonyl (C=O) groups excluding carboxylic acids is 1. The number of benzene rings is 1. The van der Waals surface area contributed by atoms with E-state index in [1.165, 1.54) is 0 Å². The van der Waals surface area contributed by atoms with E-state index in [2.05, 4.69) is 6.92 Å². The largest absolute Gasteiger partial charge is 0.486 e. The monoisotopic (exact) mass is 295 g/mol. The minimum Gasteiger partial charge on any atom is -0.486 e. The molecule has 5 heteroatoms. The quantitative estimate of drug-likeness (QED) is 0.748. The van der Waals surface area contributed by atoms with Crippen molar-refractivity contribution in [1.82, 2.24) is 4.90 Å². The van der Waals surface area contributed by atoms with Gasteiger partial charge in [0, 0.05) is 24.0 Å². The molecule has 2 atom stereocenters. The highest BCUT2D eigenvalue weighted by atomic mass is 35.5. The van der Waals surface area contributed by atoms with Gasteiger partial charge in [0.15, 0.2) is 11.5 Å². The summed E-state index contributed by atoms with van der Waals surface area (Å²) in [5.41, 5.74) is 0.648. The van der Waals surface area contributed by atoms with Crippen molar-refractivity contribution in [1.29, 1.82) is 0 Å². The second-order valence-electron chi connectivity index (χ2n) is 5.39. The van der Waals surface area contributed by atoms with E-state index < -0.39 is 0 Å². The minimum atomic E-state index is 0.0393. The zero-order valence-electron chi connectivity index (χ0n) is 11.5. The van der Waals surface area contributed by atoms with Gasteiger partial charge in [-0.05, 0) is 30.5 Å². The summed E-state index contributed by atoms with van der Waals surface area (Å²) >= 11 is 6.20. The van der Waals surface area contributed by atoms with Crippen molar-refractivity contribution < 1.29 is 14.3 Å². The molecule has 108 valence electrons. The van der Waals surface area contributed by atoms with Gasteiger partial charge in [0.1, 0.15) is 13.2 Å². The Labute approximate surface area is 123 Å². The Morgan fingerprint density at radius 2 is 2.05 bits per heavy atom. The van der Waals surface area contributed by atoms with E-state index in [-0.39, 0.29) is 11.3 Å². The molecule has 0 saturated carbocycles. The number of carbonyl (C=O) groups is 1. The lowest BCUT2D eigenvalue weighted by atomic mass is 9.99. The van der Waals surface area contributed by atoms with Gasteiger partial charge < -0.3 is 14.4 Å². The van der Waals surface area contributed by atoms with E-state index in [1.807, 2.05) is 4.90 Å². The van der Waals surface area contributed by atoms with Crippen molar-refractivity contribution in [3.8, 4) is 11.5 Å². The first kappa shape index (κ1) is 13.6. The predicted octanol–water partition coefficient (Wildman–Crippen LogP) is 2.55. The van der Waals surface area contributed by atoms with Crippen LogP contribution in [0.2, 0.25) is 0 Å². The van der Waals surface area contributed by atoms with Crippen LogP contribution < -0.4 is 9.47 Å². The summed E-state index contributed by atoms with van der Waals surface area (Å²) in [6.45, 7) is 4.59. The molecule has 3 rings (SSSR count). The molecular weight excluding hydrogens is 278 g/mol. The van der Waals surface area contributed by atoms with Crippen LogP contribution in [0.1, 0.15) is 23.7 Å². The number of halogens is 1. The summed E-state index contributed by atoms with van der Waals surface area (Å²) in [5, 5.41) is 0.166. The molecule has 0 N–H and O–H groups in total. The van der Waals surface area contributed by atoms with Gasteiger partial charge >= 0.3 is 0 Å². The molecule has 0 bridgehead atoms. The lowest BCUT2D eigenvalue weighted by molar-refractivity contribution is 0.0686. The van der Waals surface area contributed by atoms with Crippen LogP contribution in [0.25, 0.3) is 0 Å². The third kappa shape index (κ3) is 2.57. The molecule has 2 heterocycles. The van der Waals surface area contributed by atoms with E-state index in [0.29, 0.717) is 49.3 Å². The first-order chi connectivity index (χ1) is 9.65. The molecule has 0 aliphatic carbocycles. The van der Waals surface area contributed by atoms with E-state index in [4.69, 9.17) is 21.1 Å². The molecule has 0 spiro atoms. The summed E-state index contributed by atoms with van der Waals surface area (Å²) < 4.78 is 11.0. The highest BCUT2D eigenvalue weighted by Crippen LogP contribution is 2.31. The fraction of sp³-hybridized carbons (Fsp3) is 0.533. The Morgan fingerprint density at radius 3 is 2.80 bits per heavy atom. The van der Waals surface area contributed by atoms with Crippen molar-refractivity contribution in [3.05, 3.63) is 23.8 Å². The minimum absolute atomic E-state index is 0.0393. The van der Waals surface area contributed by atoms with Crippen LogP contribution in [0, 0.1) is 5.92 Å². The smallest absolute Gasteiger partial charge is 0.254 e. The first-order valence-electron chi connectivity index (χ1n) is 6.98. The molecule has 2 aliphatic rings. The summed E-state index contributed by atoms with van der Waals surface area (Å²) in [4.78, 5) is 14.4. The zero-order chi connectivity index (χ0) is 14.1. The topological polar surface area (TPSA) is 38.8 Å². The molecule has 1 amide bonds. The fourth-order valence-corrected chi connectivity index (χ4v) is 2.84. The molecular formula is C15H18ClNO3. The Morgan fingerprint density at radius 1 is 1.30 bits per heavy atom. The summed E-state index contributed by atoms with van der Waals surface area (Å²) in [6, 6.07) is 5.38. The Balaban J connectivity index is 1.77. The summed E-state index contributed by atoms with van der Waals surface area (Å²) in [5.74, 6) is 1.73. The normalized spacial score (nSPS) is 25.4. The van der Waals surface area contributed by atoms with Gasteiger partial charge in [0.25, 0.3) is 5.91 Å². The van der Waals surface area contributed by atoms with Crippen LogP contribution in [0.4, 0.5) is 0 Å². The molecule has 2 aliphatic heterocycles. The average Bonchev–Trinajstić information content (AvgIpc) is 2.49. The molecule has 0 radical (unpaired) electrons. The summed E-state index contributed by atoms with van der Waals surface area (Å²) in [7, 11) is 0. The second kappa shape index (κ2) is 5.52. The predicted molar refractivity (Wildman–Crippen MR) is 76.8 cm³/mol. The Kier molecular flexibility index (Phi) is 3.74. The maximum absolute atomic E-state index is 12.5. The molecule has 0 aromatic heterocycles. The number of hydrogen-bond donors (Lipinski definition) is 0. The molecule has 20 heavy (non-hydrogen) atoms. The zero-order valence-corrected chi connectivity index (χ0v) is 12.2. The van der Waals surface area contributed by atoms with Crippen molar-refractivity contribution in [2.45, 2.75) is 18.7 Å². The highest BCUT2D eigenvalue weighted by Gasteiger charge is 2.28. The van der Waals surface area contributed by atoms with E-state index in [0.717, 1.165) is 6.42 Å². The molecule has 1 fully saturated rings. The van der Waals surface area contributed by atoms with Crippen LogP contribution in [0.5, 0.6) is 11.5 Å². The number of nitrogens with zero attached hydrogens (tertiary/aromatic N) is 1. The van der Waals surface area contributed by atoms with Crippen molar-refractivity contribution in [2.75, 3.05) is 26.3 Å². The summed E-state index contributed by atoms with van der Waals surface area (Å²) in [6.07, 6.45) is 0.846. The van der Waals surface area contributed by atoms with Crippen LogP contribution in [-0.4, -0.2) is 42.5 Å². The number of ether oxygens (including phenoxy) is 2. The number of piperidine rings is 1. The molecule has 4 nitrogen and oxygen atoms in total. The van der Waals surface area contributed by atoms with Gasteiger partial charge in [0.2, 0.25) is 0 Å². The van der Waals surface area contributed by atoms with Crippen molar-refractivity contribution in [2.24, 2.45) is 5.92 Å². The first-order valence-corrected chi connectivity index (χ1v) is 7.42. The van der Waals surface area contributed by atoms with E-state index in [9.17, 15) is 4.79 Å². The van der Waals surface area contributed by atoms with Crippen LogP contribution in [0.3, 0.4) is 0 Å². The third-order valence-corrected chi connectivity index (χ3v) is 4.53. The maximum Gasteiger partial charge on any atom is 0.254 e. The number of likely N-dealkylation sites (tertiary alicyclic amines) is 1. The molecule has 1 aromatic carbocycles. The fourth-order valence-electron chi connectivity index (χ4n) is 2.66. The molecule has 2 unspecified atom stereocenters. The van der Waals surface area contributed by atoms with Gasteiger partial charge in [-0.3, -0.25) is 4.79 Å². The van der Waals surface area contributed by atoms with Gasteiger partial charge in [-0.25, -0.2) is 0 Å². The number of hydrogen-bond acceptors (Lipinski definition) is 3. The number of rotatable bonds is 1. The highest BCUT2D eigenvalue weighted by molar-refractivity contribution is 6.20. The van der Waals surface area contributed by atoms with Crippen molar-refractivity contribution in [3.63, 3.8) is 0 Å².